The summed E-state index contributed by atoms with van der Waals surface area (Å²) in [6, 6.07) is 2.70. The first-order valence-corrected chi connectivity index (χ1v) is 8.96. The number of halogens is 2. The molecule has 1 aromatic carbocycles. The highest BCUT2D eigenvalue weighted by Gasteiger charge is 2.29. The molecule has 1 aromatic rings. The lowest BCUT2D eigenvalue weighted by molar-refractivity contribution is 0.151. The molecule has 9 heteroatoms. The zero-order valence-electron chi connectivity index (χ0n) is 12.1. The SMILES string of the molecule is COc1c(Cl)cc(S(=O)(=O)N2CCN(CCO)CC2)cc1Cl. The third-order valence-electron chi connectivity index (χ3n) is 3.56. The summed E-state index contributed by atoms with van der Waals surface area (Å²) in [6.07, 6.45) is 0. The Morgan fingerprint density at radius 3 is 2.18 bits per heavy atom. The smallest absolute Gasteiger partial charge is 0.243 e. The zero-order valence-corrected chi connectivity index (χ0v) is 14.5. The summed E-state index contributed by atoms with van der Waals surface area (Å²) in [5.41, 5.74) is 0. The highest BCUT2D eigenvalue weighted by atomic mass is 35.5. The van der Waals surface area contributed by atoms with Crippen LogP contribution in [0.3, 0.4) is 0 Å². The predicted octanol–water partition coefficient (Wildman–Crippen LogP) is 1.30. The van der Waals surface area contributed by atoms with Gasteiger partial charge in [-0.1, -0.05) is 23.2 Å². The van der Waals surface area contributed by atoms with E-state index in [-0.39, 0.29) is 27.3 Å². The lowest BCUT2D eigenvalue weighted by Gasteiger charge is -2.33. The number of nitrogens with zero attached hydrogens (tertiary/aromatic N) is 2. The summed E-state index contributed by atoms with van der Waals surface area (Å²) in [7, 11) is -2.23. The molecule has 1 saturated heterocycles. The fourth-order valence-electron chi connectivity index (χ4n) is 2.36. The van der Waals surface area contributed by atoms with Crippen LogP contribution in [0.25, 0.3) is 0 Å². The minimum Gasteiger partial charge on any atom is -0.494 e. The van der Waals surface area contributed by atoms with E-state index >= 15 is 0 Å². The second-order valence-corrected chi connectivity index (χ2v) is 7.64. The van der Waals surface area contributed by atoms with Crippen LogP contribution in [0, 0.1) is 0 Å². The molecule has 0 amide bonds. The van der Waals surface area contributed by atoms with Crippen LogP contribution in [0.5, 0.6) is 5.75 Å². The van der Waals surface area contributed by atoms with E-state index in [0.29, 0.717) is 32.7 Å². The standard InChI is InChI=1S/C13H18Cl2N2O4S/c1-21-13-11(14)8-10(9-12(13)15)22(19,20)17-4-2-16(3-5-17)6-7-18/h8-9,18H,2-7H2,1H3. The Kier molecular flexibility index (Phi) is 5.93. The van der Waals surface area contributed by atoms with Crippen molar-refractivity contribution < 1.29 is 18.3 Å². The first-order chi connectivity index (χ1) is 10.4. The quantitative estimate of drug-likeness (QED) is 0.847. The van der Waals surface area contributed by atoms with Gasteiger partial charge in [-0.3, -0.25) is 4.90 Å². The third-order valence-corrected chi connectivity index (χ3v) is 6.00. The maximum absolute atomic E-state index is 12.7. The monoisotopic (exact) mass is 368 g/mol. The number of rotatable bonds is 5. The number of sulfonamides is 1. The number of ether oxygens (including phenoxy) is 1. The van der Waals surface area contributed by atoms with Crippen LogP contribution in [0.4, 0.5) is 0 Å². The van der Waals surface area contributed by atoms with Gasteiger partial charge in [-0.05, 0) is 12.1 Å². The van der Waals surface area contributed by atoms with Crippen LogP contribution in [-0.4, -0.2) is 69.2 Å². The maximum Gasteiger partial charge on any atom is 0.243 e. The van der Waals surface area contributed by atoms with Gasteiger partial charge in [0.15, 0.2) is 5.75 Å². The molecule has 0 bridgehead atoms. The fraction of sp³-hybridized carbons (Fsp3) is 0.538. The molecule has 124 valence electrons. The highest BCUT2D eigenvalue weighted by molar-refractivity contribution is 7.89. The summed E-state index contributed by atoms with van der Waals surface area (Å²) >= 11 is 12.0. The van der Waals surface area contributed by atoms with E-state index in [1.807, 2.05) is 4.90 Å². The van der Waals surface area contributed by atoms with Crippen molar-refractivity contribution in [2.75, 3.05) is 46.4 Å². The van der Waals surface area contributed by atoms with Crippen molar-refractivity contribution in [2.45, 2.75) is 4.90 Å². The molecule has 1 fully saturated rings. The Morgan fingerprint density at radius 2 is 1.73 bits per heavy atom. The van der Waals surface area contributed by atoms with Crippen LogP contribution < -0.4 is 4.74 Å². The lowest BCUT2D eigenvalue weighted by atomic mass is 10.3. The van der Waals surface area contributed by atoms with Crippen LogP contribution in [0.15, 0.2) is 17.0 Å². The van der Waals surface area contributed by atoms with Crippen LogP contribution in [-0.2, 0) is 10.0 Å². The third kappa shape index (κ3) is 3.67. The van der Waals surface area contributed by atoms with Gasteiger partial charge < -0.3 is 9.84 Å². The van der Waals surface area contributed by atoms with Gasteiger partial charge >= 0.3 is 0 Å². The Morgan fingerprint density at radius 1 is 1.18 bits per heavy atom. The molecule has 0 aromatic heterocycles. The van der Waals surface area contributed by atoms with Crippen LogP contribution in [0.1, 0.15) is 0 Å². The first kappa shape index (κ1) is 17.8. The molecule has 1 aliphatic rings. The molecule has 6 nitrogen and oxygen atoms in total. The van der Waals surface area contributed by atoms with Crippen molar-refractivity contribution in [1.82, 2.24) is 9.21 Å². The van der Waals surface area contributed by atoms with Gasteiger partial charge in [0.2, 0.25) is 10.0 Å². The van der Waals surface area contributed by atoms with E-state index in [4.69, 9.17) is 33.0 Å². The largest absolute Gasteiger partial charge is 0.494 e. The maximum atomic E-state index is 12.7. The van der Waals surface area contributed by atoms with Gasteiger partial charge in [0.05, 0.1) is 28.7 Å². The van der Waals surface area contributed by atoms with Crippen molar-refractivity contribution in [2.24, 2.45) is 0 Å². The second-order valence-electron chi connectivity index (χ2n) is 4.89. The number of hydrogen-bond acceptors (Lipinski definition) is 5. The summed E-state index contributed by atoms with van der Waals surface area (Å²) in [4.78, 5) is 2.07. The number of β-amino-alcohol motifs (C(OH)–C–C–N with tert-alkyl or cyclic N) is 1. The number of hydrogen-bond donors (Lipinski definition) is 1. The molecule has 1 aliphatic heterocycles. The van der Waals surface area contributed by atoms with E-state index in [1.54, 1.807) is 0 Å². The average molecular weight is 369 g/mol. The van der Waals surface area contributed by atoms with Crippen molar-refractivity contribution in [3.63, 3.8) is 0 Å². The molecule has 0 radical (unpaired) electrons. The minimum atomic E-state index is -3.65. The number of aliphatic hydroxyl groups excluding tert-OH is 1. The van der Waals surface area contributed by atoms with E-state index in [2.05, 4.69) is 0 Å². The molecule has 1 N–H and O–H groups in total. The van der Waals surface area contributed by atoms with Gasteiger partial charge in [-0.2, -0.15) is 4.31 Å². The van der Waals surface area contributed by atoms with Crippen LogP contribution in [0.2, 0.25) is 10.0 Å². The zero-order chi connectivity index (χ0) is 16.3. The van der Waals surface area contributed by atoms with Gasteiger partial charge in [-0.25, -0.2) is 8.42 Å². The molecule has 2 rings (SSSR count). The predicted molar refractivity (Wildman–Crippen MR) is 85.3 cm³/mol. The number of piperazine rings is 1. The van der Waals surface area contributed by atoms with Crippen molar-refractivity contribution >= 4 is 33.2 Å². The Bertz CT molecular complexity index is 608. The number of benzene rings is 1. The van der Waals surface area contributed by atoms with Gasteiger partial charge in [0.1, 0.15) is 0 Å². The van der Waals surface area contributed by atoms with E-state index in [0.717, 1.165) is 0 Å². The molecular weight excluding hydrogens is 351 g/mol. The molecule has 1 heterocycles. The molecule has 0 unspecified atom stereocenters. The summed E-state index contributed by atoms with van der Waals surface area (Å²) in [6.45, 7) is 2.51. The Hall–Kier alpha value is -0.570. The van der Waals surface area contributed by atoms with Crippen molar-refractivity contribution in [3.05, 3.63) is 22.2 Å². The second kappa shape index (κ2) is 7.33. The summed E-state index contributed by atoms with van der Waals surface area (Å²) in [5.74, 6) is 0.259. The van der Waals surface area contributed by atoms with Gasteiger partial charge in [0.25, 0.3) is 0 Å². The Balaban J connectivity index is 2.21. The average Bonchev–Trinajstić information content (AvgIpc) is 2.48. The van der Waals surface area contributed by atoms with Crippen molar-refractivity contribution in [1.29, 1.82) is 0 Å². The molecule has 22 heavy (non-hydrogen) atoms. The molecular formula is C13H18Cl2N2O4S. The first-order valence-electron chi connectivity index (χ1n) is 6.76. The fourth-order valence-corrected chi connectivity index (χ4v) is 4.61. The number of aliphatic hydroxyl groups is 1. The van der Waals surface area contributed by atoms with Gasteiger partial charge in [0, 0.05) is 32.7 Å². The molecule has 0 spiro atoms. The molecule has 0 aliphatic carbocycles. The van der Waals surface area contributed by atoms with Gasteiger partial charge in [-0.15, -0.1) is 0 Å². The van der Waals surface area contributed by atoms with Crippen LogP contribution >= 0.6 is 23.2 Å². The molecule has 0 atom stereocenters. The normalized spacial score (nSPS) is 17.6. The van der Waals surface area contributed by atoms with E-state index in [1.165, 1.54) is 23.5 Å². The number of methoxy groups -OCH3 is 1. The highest BCUT2D eigenvalue weighted by Crippen LogP contribution is 2.36. The van der Waals surface area contributed by atoms with Crippen molar-refractivity contribution in [3.8, 4) is 5.75 Å². The van der Waals surface area contributed by atoms with E-state index < -0.39 is 10.0 Å². The Labute approximate surface area is 140 Å². The lowest BCUT2D eigenvalue weighted by Crippen LogP contribution is -2.49. The topological polar surface area (TPSA) is 70.1 Å². The molecule has 0 saturated carbocycles. The summed E-state index contributed by atoms with van der Waals surface area (Å²) in [5, 5.41) is 9.24. The minimum absolute atomic E-state index is 0.0545. The summed E-state index contributed by atoms with van der Waals surface area (Å²) < 4.78 is 31.7. The van der Waals surface area contributed by atoms with E-state index in [9.17, 15) is 8.42 Å².